The number of hydrogen-bond acceptors (Lipinski definition) is 7. The highest BCUT2D eigenvalue weighted by Crippen LogP contribution is 2.50. The van der Waals surface area contributed by atoms with Crippen LogP contribution in [0.1, 0.15) is 68.1 Å². The topological polar surface area (TPSA) is 80.3 Å². The maximum atomic E-state index is 13.2. The molecule has 0 saturated heterocycles. The molecular weight excluding hydrogens is 624 g/mol. The number of benzene rings is 3. The first-order chi connectivity index (χ1) is 21.5. The fourth-order valence-corrected chi connectivity index (χ4v) is 6.69. The highest BCUT2D eigenvalue weighted by atomic mass is 79.9. The van der Waals surface area contributed by atoms with Crippen molar-refractivity contribution in [1.29, 1.82) is 0 Å². The zero-order chi connectivity index (χ0) is 30.6. The maximum absolute atomic E-state index is 13.2. The van der Waals surface area contributed by atoms with Crippen molar-refractivity contribution in [1.82, 2.24) is 0 Å². The van der Waals surface area contributed by atoms with E-state index < -0.39 is 5.92 Å². The van der Waals surface area contributed by atoms with Crippen molar-refractivity contribution in [3.05, 3.63) is 104 Å². The van der Waals surface area contributed by atoms with Crippen molar-refractivity contribution in [3.63, 3.8) is 0 Å². The molecule has 6 rings (SSSR count). The Hall–Kier alpha value is -4.04. The second-order valence-corrected chi connectivity index (χ2v) is 11.9. The number of Topliss-reactive ketones (excluding diaryl/α,β-unsaturated/α-hetero) is 2. The minimum Gasteiger partial charge on any atom is -0.493 e. The molecule has 0 aromatic heterocycles. The van der Waals surface area contributed by atoms with Gasteiger partial charge >= 0.3 is 0 Å². The van der Waals surface area contributed by atoms with E-state index >= 15 is 0 Å². The number of allylic oxidation sites excluding steroid dienone is 4. The van der Waals surface area contributed by atoms with Crippen LogP contribution in [0.5, 0.6) is 23.0 Å². The van der Waals surface area contributed by atoms with Crippen molar-refractivity contribution in [3.8, 4) is 23.0 Å². The molecule has 3 aromatic rings. The monoisotopic (exact) mass is 658 g/mol. The van der Waals surface area contributed by atoms with E-state index in [4.69, 9.17) is 23.7 Å². The van der Waals surface area contributed by atoms with Gasteiger partial charge in [-0.2, -0.15) is 0 Å². The van der Waals surface area contributed by atoms with Gasteiger partial charge in [-0.15, -0.1) is 0 Å². The molecule has 44 heavy (non-hydrogen) atoms. The van der Waals surface area contributed by atoms with Crippen LogP contribution >= 0.6 is 15.9 Å². The number of carbonyl (C=O) groups excluding carboxylic acids is 2. The molecule has 7 nitrogen and oxygen atoms in total. The smallest absolute Gasteiger partial charge is 0.175 e. The van der Waals surface area contributed by atoms with Crippen LogP contribution in [-0.2, 0) is 27.5 Å². The molecule has 2 aliphatic carbocycles. The predicted octanol–water partition coefficient (Wildman–Crippen LogP) is 8.14. The lowest BCUT2D eigenvalue weighted by Gasteiger charge is -2.36. The SMILES string of the molecule is CCOc1cc(COc2c(Br)cc(C3C4=C(CCCC4=O)OC4=C3C(=O)CCC4)cc2OC)ccc1OCc1ccccc1. The molecule has 0 fully saturated rings. The van der Waals surface area contributed by atoms with Crippen LogP contribution in [0.4, 0.5) is 0 Å². The Morgan fingerprint density at radius 1 is 0.750 bits per heavy atom. The maximum Gasteiger partial charge on any atom is 0.175 e. The molecule has 0 spiro atoms. The number of hydrogen-bond donors (Lipinski definition) is 0. The molecule has 3 aromatic carbocycles. The summed E-state index contributed by atoms with van der Waals surface area (Å²) in [7, 11) is 1.58. The average Bonchev–Trinajstić information content (AvgIpc) is 3.03. The Morgan fingerprint density at radius 2 is 1.43 bits per heavy atom. The van der Waals surface area contributed by atoms with E-state index in [2.05, 4.69) is 15.9 Å². The van der Waals surface area contributed by atoms with Crippen molar-refractivity contribution in [2.75, 3.05) is 13.7 Å². The fraction of sp³-hybridized carbons (Fsp3) is 0.333. The summed E-state index contributed by atoms with van der Waals surface area (Å²) in [5, 5.41) is 0. The van der Waals surface area contributed by atoms with Gasteiger partial charge in [0.2, 0.25) is 0 Å². The number of ether oxygens (including phenoxy) is 5. The number of carbonyl (C=O) groups is 2. The van der Waals surface area contributed by atoms with Gasteiger partial charge in [0.05, 0.1) is 18.2 Å². The van der Waals surface area contributed by atoms with Gasteiger partial charge in [0.25, 0.3) is 0 Å². The van der Waals surface area contributed by atoms with Gasteiger partial charge in [0.15, 0.2) is 34.6 Å². The summed E-state index contributed by atoms with van der Waals surface area (Å²) in [5.41, 5.74) is 3.97. The fourth-order valence-electron chi connectivity index (χ4n) is 6.12. The summed E-state index contributed by atoms with van der Waals surface area (Å²) in [5.74, 6) is 3.35. The van der Waals surface area contributed by atoms with E-state index in [1.54, 1.807) is 7.11 Å². The first-order valence-corrected chi connectivity index (χ1v) is 15.9. The van der Waals surface area contributed by atoms with Crippen LogP contribution in [0.3, 0.4) is 0 Å². The van der Waals surface area contributed by atoms with Gasteiger partial charge in [-0.1, -0.05) is 36.4 Å². The second-order valence-electron chi connectivity index (χ2n) is 11.1. The molecule has 0 unspecified atom stereocenters. The second kappa shape index (κ2) is 13.3. The van der Waals surface area contributed by atoms with Crippen LogP contribution in [0.15, 0.2) is 87.8 Å². The van der Waals surface area contributed by atoms with Gasteiger partial charge < -0.3 is 23.7 Å². The average molecular weight is 660 g/mol. The molecule has 1 aliphatic heterocycles. The Bertz CT molecular complexity index is 1600. The first-order valence-electron chi connectivity index (χ1n) is 15.1. The third kappa shape index (κ3) is 6.13. The zero-order valence-corrected chi connectivity index (χ0v) is 26.5. The highest BCUT2D eigenvalue weighted by Gasteiger charge is 2.42. The van der Waals surface area contributed by atoms with Gasteiger partial charge in [-0.25, -0.2) is 0 Å². The lowest BCUT2D eigenvalue weighted by atomic mass is 9.73. The summed E-state index contributed by atoms with van der Waals surface area (Å²) in [6.45, 7) is 3.13. The van der Waals surface area contributed by atoms with Gasteiger partial charge in [-0.05, 0) is 76.7 Å². The van der Waals surface area contributed by atoms with Crippen LogP contribution in [0.2, 0.25) is 0 Å². The molecule has 8 heteroatoms. The Morgan fingerprint density at radius 3 is 2.09 bits per heavy atom. The quantitative estimate of drug-likeness (QED) is 0.217. The van der Waals surface area contributed by atoms with Gasteiger partial charge in [0, 0.05) is 42.7 Å². The van der Waals surface area contributed by atoms with E-state index in [0.29, 0.717) is 89.0 Å². The Balaban J connectivity index is 1.26. The van der Waals surface area contributed by atoms with E-state index in [0.717, 1.165) is 29.5 Å². The molecular formula is C36H35BrO7. The molecule has 3 aliphatic rings. The lowest BCUT2D eigenvalue weighted by Crippen LogP contribution is -2.30. The predicted molar refractivity (Wildman–Crippen MR) is 169 cm³/mol. The molecule has 1 heterocycles. The Labute approximate surface area is 265 Å². The standard InChI is InChI=1S/C36H35BrO7/c1-3-41-31-17-23(15-16-28(31)42-20-22-9-5-4-6-10-22)21-43-36-25(37)18-24(19-32(36)40-2)33-34-26(38)11-7-13-29(34)44-30-14-8-12-27(39)35(30)33/h4-6,9-10,15-19,33H,3,7-8,11-14,20-21H2,1-2H3. The van der Waals surface area contributed by atoms with Crippen LogP contribution in [-0.4, -0.2) is 25.3 Å². The number of ketones is 2. The highest BCUT2D eigenvalue weighted by molar-refractivity contribution is 9.10. The third-order valence-electron chi connectivity index (χ3n) is 8.15. The summed E-state index contributed by atoms with van der Waals surface area (Å²) in [4.78, 5) is 26.4. The molecule has 0 radical (unpaired) electrons. The molecule has 0 saturated carbocycles. The van der Waals surface area contributed by atoms with Crippen LogP contribution in [0.25, 0.3) is 0 Å². The van der Waals surface area contributed by atoms with Crippen molar-refractivity contribution < 1.29 is 33.3 Å². The van der Waals surface area contributed by atoms with E-state index in [9.17, 15) is 9.59 Å². The van der Waals surface area contributed by atoms with E-state index in [1.165, 1.54) is 0 Å². The number of methoxy groups -OCH3 is 1. The summed E-state index contributed by atoms with van der Waals surface area (Å²) in [6, 6.07) is 19.6. The minimum absolute atomic E-state index is 0.0397. The molecule has 0 atom stereocenters. The summed E-state index contributed by atoms with van der Waals surface area (Å²) in [6.07, 6.45) is 3.81. The summed E-state index contributed by atoms with van der Waals surface area (Å²) < 4.78 is 30.9. The lowest BCUT2D eigenvalue weighted by molar-refractivity contribution is -0.117. The Kier molecular flexibility index (Phi) is 9.07. The zero-order valence-electron chi connectivity index (χ0n) is 25.0. The minimum atomic E-state index is -0.481. The molecule has 0 bridgehead atoms. The van der Waals surface area contributed by atoms with Crippen molar-refractivity contribution >= 4 is 27.5 Å². The van der Waals surface area contributed by atoms with Crippen molar-refractivity contribution in [2.24, 2.45) is 0 Å². The third-order valence-corrected chi connectivity index (χ3v) is 8.74. The molecule has 0 amide bonds. The molecule has 228 valence electrons. The van der Waals surface area contributed by atoms with E-state index in [-0.39, 0.29) is 18.2 Å². The number of halogens is 1. The van der Waals surface area contributed by atoms with Crippen LogP contribution < -0.4 is 18.9 Å². The van der Waals surface area contributed by atoms with E-state index in [1.807, 2.05) is 67.6 Å². The van der Waals surface area contributed by atoms with Crippen LogP contribution in [0, 0.1) is 0 Å². The summed E-state index contributed by atoms with van der Waals surface area (Å²) >= 11 is 3.70. The van der Waals surface area contributed by atoms with Gasteiger partial charge in [0.1, 0.15) is 24.7 Å². The largest absolute Gasteiger partial charge is 0.493 e. The normalized spacial score (nSPS) is 16.7. The van der Waals surface area contributed by atoms with Gasteiger partial charge in [-0.3, -0.25) is 9.59 Å². The number of rotatable bonds is 10. The van der Waals surface area contributed by atoms with Crippen molar-refractivity contribution in [2.45, 2.75) is 64.6 Å². The molecule has 0 N–H and O–H groups in total. The first kappa shape index (κ1) is 30.0.